The summed E-state index contributed by atoms with van der Waals surface area (Å²) in [6.45, 7) is 6.23. The Labute approximate surface area is 469 Å². The van der Waals surface area contributed by atoms with E-state index in [0.29, 0.717) is 51.4 Å². The van der Waals surface area contributed by atoms with Crippen LogP contribution >= 0.6 is 0 Å². The first-order valence-electron chi connectivity index (χ1n) is 29.2. The van der Waals surface area contributed by atoms with Crippen LogP contribution in [-0.4, -0.2) is 30.5 Å². The molecule has 76 heavy (non-hydrogen) atoms. The third-order valence-corrected chi connectivity index (χ3v) is 13.0. The van der Waals surface area contributed by atoms with Crippen molar-refractivity contribution >= 4 is 50.6 Å². The molecule has 0 spiro atoms. The van der Waals surface area contributed by atoms with Gasteiger partial charge in [-0.05, 0) is 62.4 Å². The maximum atomic E-state index is 9.19. The smallest absolute Gasteiger partial charge is 0.508 e. The van der Waals surface area contributed by atoms with Crippen molar-refractivity contribution in [1.82, 2.24) is 33.7 Å². The number of nitrogens with zero attached hydrogens (tertiary/aromatic N) is 7. The zero-order valence-corrected chi connectivity index (χ0v) is 43.3. The van der Waals surface area contributed by atoms with E-state index in [2.05, 4.69) is 45.0 Å². The Balaban J connectivity index is 0.00000724. The molecule has 0 saturated heterocycles. The van der Waals surface area contributed by atoms with Crippen LogP contribution in [0.25, 0.3) is 84.0 Å². The molecule has 0 radical (unpaired) electrons. The number of ether oxygens (including phenoxy) is 1. The Morgan fingerprint density at radius 3 is 1.74 bits per heavy atom. The van der Waals surface area contributed by atoms with Gasteiger partial charge in [-0.3, -0.25) is 0 Å². The van der Waals surface area contributed by atoms with E-state index in [1.807, 2.05) is 144 Å². The molecule has 0 fully saturated rings. The molecular weight excluding hydrogens is 1110 g/mol. The van der Waals surface area contributed by atoms with Gasteiger partial charge in [0.2, 0.25) is 5.69 Å². The molecule has 4 heterocycles. The maximum Gasteiger partial charge on any atom is 2.00 e. The van der Waals surface area contributed by atoms with Gasteiger partial charge >= 0.3 is 27.1 Å². The van der Waals surface area contributed by atoms with Crippen molar-refractivity contribution in [2.75, 3.05) is 0 Å². The number of hydrogen-bond donors (Lipinski definition) is 0. The standard InChI is InChI=1S/C67H47N7O.Pt/c1-67(2,3)49-39-50(72-44-73(59-36-19-18-35-58(59)72)63-52(45-23-8-4-9-24-45)32-22-33-53(63)46-25-10-5-11-26-46)41-51(40-49)75-61-43-60-55(54-31-16-17-34-57(54)74(60)62-37-20-21-38-68-62)42-56(61)66-70-64(47-27-12-6-13-28-47)69-65(71-66)48-29-14-7-15-30-48;/h4-40,42H,1-3H3;/q;+2/i4D,5D,8D,9D,10D,11D,23D,24D,25D,26D;. The predicted molar refractivity (Wildman–Crippen MR) is 303 cm³/mol. The summed E-state index contributed by atoms with van der Waals surface area (Å²) < 4.78 is 101. The predicted octanol–water partition coefficient (Wildman–Crippen LogP) is 16.2. The Bertz CT molecular complexity index is 4640. The SMILES string of the molecule is [2H]c1c([2H])c([2H])c(-c2cccc(-c3c([2H])c([2H])c([2H])c([2H])c3[2H])c2[N+]2=C=[N+](c3[c-]c(Oc4[c-]c5c(cc4-c4nc(-c6ccccc6)nc(-c6ccccc6)n4)c4ccccc4n5-c4ccccn4)cc(C(C)(C)C)c3)c3ccccc32)c([2H])c1[2H].[Pt+2]. The van der Waals surface area contributed by atoms with E-state index in [0.717, 1.165) is 33.0 Å². The van der Waals surface area contributed by atoms with Gasteiger partial charge in [0.1, 0.15) is 17.3 Å². The van der Waals surface area contributed by atoms with E-state index in [-0.39, 0.29) is 60.5 Å². The molecule has 3 aromatic heterocycles. The van der Waals surface area contributed by atoms with Gasteiger partial charge in [-0.1, -0.05) is 207 Å². The second kappa shape index (κ2) is 19.9. The van der Waals surface area contributed by atoms with Crippen molar-refractivity contribution in [1.29, 1.82) is 0 Å². The van der Waals surface area contributed by atoms with Gasteiger partial charge in [-0.15, -0.1) is 29.1 Å². The van der Waals surface area contributed by atoms with Gasteiger partial charge in [-0.25, -0.2) is 19.9 Å². The second-order valence-electron chi connectivity index (χ2n) is 18.8. The Hall–Kier alpha value is -9.19. The molecule has 9 aromatic carbocycles. The van der Waals surface area contributed by atoms with Crippen LogP contribution in [0, 0.1) is 12.1 Å². The van der Waals surface area contributed by atoms with Crippen LogP contribution in [0.3, 0.4) is 0 Å². The van der Waals surface area contributed by atoms with Crippen LogP contribution in [0.15, 0.2) is 230 Å². The molecule has 13 rings (SSSR count). The van der Waals surface area contributed by atoms with Gasteiger partial charge in [0.05, 0.1) is 24.8 Å². The van der Waals surface area contributed by atoms with E-state index in [1.54, 1.807) is 33.5 Å². The minimum absolute atomic E-state index is 0. The number of pyridine rings is 1. The summed E-state index contributed by atoms with van der Waals surface area (Å²) in [5.41, 5.74) is 5.50. The van der Waals surface area contributed by atoms with Gasteiger partial charge in [0.15, 0.2) is 11.6 Å². The molecule has 0 aliphatic carbocycles. The van der Waals surface area contributed by atoms with Crippen LogP contribution in [0.1, 0.15) is 40.0 Å². The average Bonchev–Trinajstić information content (AvgIpc) is 1.80. The number of fused-ring (bicyclic) bond motifs is 4. The van der Waals surface area contributed by atoms with Gasteiger partial charge in [0.25, 0.3) is 11.4 Å². The first-order valence-corrected chi connectivity index (χ1v) is 24.2. The number of benzene rings is 9. The molecule has 9 heteroatoms. The minimum atomic E-state index is -0.590. The molecule has 0 saturated carbocycles. The monoisotopic (exact) mass is 1170 g/mol. The molecule has 1 aliphatic heterocycles. The quantitative estimate of drug-likeness (QED) is 0.101. The van der Waals surface area contributed by atoms with Crippen LogP contribution in [0.4, 0.5) is 22.7 Å². The van der Waals surface area contributed by atoms with Gasteiger partial charge < -0.3 is 9.30 Å². The third kappa shape index (κ3) is 8.84. The van der Waals surface area contributed by atoms with E-state index in [4.69, 9.17) is 32.9 Å². The molecule has 0 amide bonds. The van der Waals surface area contributed by atoms with E-state index in [9.17, 15) is 5.48 Å². The Morgan fingerprint density at radius 2 is 1.12 bits per heavy atom. The van der Waals surface area contributed by atoms with Crippen LogP contribution in [0.2, 0.25) is 0 Å². The summed E-state index contributed by atoms with van der Waals surface area (Å²) in [6.07, 6.45) is 1.74. The van der Waals surface area contributed by atoms with Crippen molar-refractivity contribution in [3.8, 4) is 73.7 Å². The fourth-order valence-electron chi connectivity index (χ4n) is 9.43. The molecule has 1 aliphatic rings. The Kier molecular flexibility index (Phi) is 9.83. The number of rotatable bonds is 10. The fourth-order valence-corrected chi connectivity index (χ4v) is 9.43. The zero-order chi connectivity index (χ0) is 59.2. The molecule has 0 atom stereocenters. The van der Waals surface area contributed by atoms with Crippen molar-refractivity contribution in [3.63, 3.8) is 0 Å². The zero-order valence-electron chi connectivity index (χ0n) is 51.0. The summed E-state index contributed by atoms with van der Waals surface area (Å²) >= 11 is 0. The minimum Gasteiger partial charge on any atom is -0.508 e. The van der Waals surface area contributed by atoms with Crippen LogP contribution in [-0.2, 0) is 26.5 Å². The topological polar surface area (TPSA) is 71.7 Å². The van der Waals surface area contributed by atoms with Gasteiger partial charge in [0, 0.05) is 46.5 Å². The summed E-state index contributed by atoms with van der Waals surface area (Å²) in [5, 5.41) is 1.77. The second-order valence-corrected chi connectivity index (χ2v) is 18.8. The van der Waals surface area contributed by atoms with Gasteiger partial charge in [-0.2, -0.15) is 0 Å². The fraction of sp³-hybridized carbons (Fsp3) is 0.0597. The van der Waals surface area contributed by atoms with Crippen molar-refractivity contribution in [2.45, 2.75) is 26.2 Å². The van der Waals surface area contributed by atoms with Crippen molar-refractivity contribution in [2.24, 2.45) is 0 Å². The number of para-hydroxylation sites is 4. The molecular formula is C67H47N7OPt+2. The third-order valence-electron chi connectivity index (χ3n) is 13.0. The summed E-state index contributed by atoms with van der Waals surface area (Å²) in [7, 11) is 0. The molecule has 0 bridgehead atoms. The summed E-state index contributed by atoms with van der Waals surface area (Å²) in [6, 6.07) is 56.5. The Morgan fingerprint density at radius 1 is 0.539 bits per heavy atom. The maximum absolute atomic E-state index is 9.19. The van der Waals surface area contributed by atoms with Crippen LogP contribution < -0.4 is 13.9 Å². The normalized spacial score (nSPS) is 13.8. The number of aromatic nitrogens is 5. The first kappa shape index (κ1) is 37.5. The molecule has 364 valence electrons. The first-order chi connectivity index (χ1) is 41.0. The number of hydrogen-bond acceptors (Lipinski definition) is 5. The summed E-state index contributed by atoms with van der Waals surface area (Å²) in [4.78, 5) is 20.1. The molecule has 0 unspecified atom stereocenters. The average molecular weight is 1170 g/mol. The van der Waals surface area contributed by atoms with Crippen molar-refractivity contribution < 1.29 is 39.5 Å². The van der Waals surface area contributed by atoms with Crippen LogP contribution in [0.5, 0.6) is 11.5 Å². The molecule has 0 N–H and O–H groups in total. The van der Waals surface area contributed by atoms with E-state index >= 15 is 0 Å². The van der Waals surface area contributed by atoms with Crippen molar-refractivity contribution in [3.05, 3.63) is 248 Å². The molecule has 8 nitrogen and oxygen atoms in total. The van der Waals surface area contributed by atoms with E-state index in [1.165, 1.54) is 0 Å². The van der Waals surface area contributed by atoms with E-state index < -0.39 is 65.8 Å². The summed E-state index contributed by atoms with van der Waals surface area (Å²) in [5.74, 6) is 2.41. The molecule has 12 aromatic rings. The largest absolute Gasteiger partial charge is 2.00 e.